The Hall–Kier alpha value is -1.33. The van der Waals surface area contributed by atoms with Gasteiger partial charge in [0.2, 0.25) is 11.8 Å². The van der Waals surface area contributed by atoms with Crippen LogP contribution in [0.2, 0.25) is 0 Å². The molecule has 1 saturated carbocycles. The van der Waals surface area contributed by atoms with Gasteiger partial charge in [-0.1, -0.05) is 12.8 Å². The van der Waals surface area contributed by atoms with Crippen LogP contribution in [0.3, 0.4) is 0 Å². The molecule has 4 rings (SSSR count). The predicted octanol–water partition coefficient (Wildman–Crippen LogP) is -0.102. The van der Waals surface area contributed by atoms with Crippen molar-refractivity contribution in [3.63, 3.8) is 0 Å². The van der Waals surface area contributed by atoms with Crippen LogP contribution in [0.25, 0.3) is 0 Å². The fourth-order valence-electron chi connectivity index (χ4n) is 7.02. The Bertz CT molecular complexity index is 725. The van der Waals surface area contributed by atoms with E-state index < -0.39 is 18.3 Å². The summed E-state index contributed by atoms with van der Waals surface area (Å²) in [7, 11) is 0. The minimum Gasteiger partial charge on any atom is -0.350 e. The number of hydrogen-bond acceptors (Lipinski definition) is 7. The molecule has 2 amide bonds. The monoisotopic (exact) mass is 495 g/mol. The summed E-state index contributed by atoms with van der Waals surface area (Å²) < 4.78 is 14.5. The lowest BCUT2D eigenvalue weighted by atomic mass is 9.72. The molecule has 0 aromatic rings. The van der Waals surface area contributed by atoms with Crippen molar-refractivity contribution >= 4 is 11.8 Å². The van der Waals surface area contributed by atoms with E-state index in [0.717, 1.165) is 51.7 Å². The first-order valence-corrected chi connectivity index (χ1v) is 13.7. The molecule has 1 aliphatic carbocycles. The van der Waals surface area contributed by atoms with Gasteiger partial charge in [-0.15, -0.1) is 0 Å². The zero-order chi connectivity index (χ0) is 25.0. The van der Waals surface area contributed by atoms with Gasteiger partial charge in [-0.25, -0.2) is 4.39 Å². The summed E-state index contributed by atoms with van der Waals surface area (Å²) in [6.07, 6.45) is 5.99. The normalized spacial score (nSPS) is 33.3. The first-order chi connectivity index (χ1) is 16.8. The van der Waals surface area contributed by atoms with Gasteiger partial charge in [-0.05, 0) is 50.5 Å². The summed E-state index contributed by atoms with van der Waals surface area (Å²) in [6, 6.07) is -0.101. The van der Waals surface area contributed by atoms with Crippen molar-refractivity contribution in [3.8, 4) is 0 Å². The molecule has 10 heteroatoms. The van der Waals surface area contributed by atoms with Crippen molar-refractivity contribution in [1.29, 1.82) is 0 Å². The van der Waals surface area contributed by atoms with E-state index in [4.69, 9.17) is 11.5 Å². The van der Waals surface area contributed by atoms with Crippen molar-refractivity contribution < 1.29 is 14.0 Å². The van der Waals surface area contributed by atoms with Crippen LogP contribution in [0.5, 0.6) is 0 Å². The van der Waals surface area contributed by atoms with E-state index >= 15 is 0 Å². The number of carbonyl (C=O) groups excluding carboxylic acids is 2. The van der Waals surface area contributed by atoms with E-state index in [1.165, 1.54) is 12.8 Å². The molecule has 9 nitrogen and oxygen atoms in total. The summed E-state index contributed by atoms with van der Waals surface area (Å²) in [6.45, 7) is 6.49. The molecule has 5 atom stereocenters. The molecule has 0 bridgehead atoms. The summed E-state index contributed by atoms with van der Waals surface area (Å²) >= 11 is 0. The number of carbonyl (C=O) groups is 2. The zero-order valence-electron chi connectivity index (χ0n) is 21.3. The molecule has 7 N–H and O–H groups in total. The molecular weight excluding hydrogens is 449 g/mol. The maximum Gasteiger partial charge on any atom is 0.227 e. The first kappa shape index (κ1) is 26.7. The van der Waals surface area contributed by atoms with Gasteiger partial charge in [0.05, 0.1) is 18.1 Å². The molecule has 0 aromatic carbocycles. The maximum absolute atomic E-state index is 14.5. The molecule has 4 aliphatic rings. The van der Waals surface area contributed by atoms with E-state index in [9.17, 15) is 14.0 Å². The highest BCUT2D eigenvalue weighted by molar-refractivity contribution is 5.80. The van der Waals surface area contributed by atoms with Crippen LogP contribution in [0.1, 0.15) is 58.3 Å². The molecule has 3 heterocycles. The van der Waals surface area contributed by atoms with E-state index in [2.05, 4.69) is 20.9 Å². The third kappa shape index (κ3) is 6.52. The number of nitrogens with one attached hydrogen (secondary N) is 3. The quantitative estimate of drug-likeness (QED) is 0.337. The summed E-state index contributed by atoms with van der Waals surface area (Å²) in [5.74, 6) is -0.639. The van der Waals surface area contributed by atoms with Gasteiger partial charge in [0.25, 0.3) is 0 Å². The fraction of sp³-hybridized carbons (Fsp3) is 0.920. The maximum atomic E-state index is 14.5. The Balaban J connectivity index is 1.44. The zero-order valence-corrected chi connectivity index (χ0v) is 21.3. The molecule has 4 fully saturated rings. The summed E-state index contributed by atoms with van der Waals surface area (Å²) in [4.78, 5) is 29.7. The van der Waals surface area contributed by atoms with Crippen LogP contribution in [0, 0.1) is 11.3 Å². The van der Waals surface area contributed by atoms with Crippen molar-refractivity contribution in [2.24, 2.45) is 22.8 Å². The van der Waals surface area contributed by atoms with Gasteiger partial charge in [-0.3, -0.25) is 14.5 Å². The number of piperidine rings is 1. The number of hydrogen-bond donors (Lipinski definition) is 5. The second-order valence-electron chi connectivity index (χ2n) is 11.4. The van der Waals surface area contributed by atoms with Crippen LogP contribution < -0.4 is 27.4 Å². The van der Waals surface area contributed by atoms with Gasteiger partial charge in [0.15, 0.2) is 0 Å². The van der Waals surface area contributed by atoms with Gasteiger partial charge < -0.3 is 32.3 Å². The summed E-state index contributed by atoms with van der Waals surface area (Å²) in [5, 5.41) is 10.1. The molecule has 35 heavy (non-hydrogen) atoms. The third-order valence-electron chi connectivity index (χ3n) is 9.06. The van der Waals surface area contributed by atoms with Crippen LogP contribution in [-0.2, 0) is 9.59 Å². The van der Waals surface area contributed by atoms with Crippen molar-refractivity contribution in [2.75, 3.05) is 45.8 Å². The fourth-order valence-corrected chi connectivity index (χ4v) is 7.02. The average Bonchev–Trinajstić information content (AvgIpc) is 3.29. The van der Waals surface area contributed by atoms with Gasteiger partial charge in [-0.2, -0.15) is 0 Å². The lowest BCUT2D eigenvalue weighted by Crippen LogP contribution is -2.65. The molecule has 5 unspecified atom stereocenters. The number of halogens is 1. The topological polar surface area (TPSA) is 129 Å². The molecule has 200 valence electrons. The van der Waals surface area contributed by atoms with E-state index in [0.29, 0.717) is 26.1 Å². The number of alkyl halides is 1. The Morgan fingerprint density at radius 1 is 1.06 bits per heavy atom. The average molecular weight is 496 g/mol. The highest BCUT2D eigenvalue weighted by Crippen LogP contribution is 2.47. The predicted molar refractivity (Wildman–Crippen MR) is 134 cm³/mol. The Morgan fingerprint density at radius 2 is 1.77 bits per heavy atom. The van der Waals surface area contributed by atoms with Crippen LogP contribution in [0.15, 0.2) is 0 Å². The van der Waals surface area contributed by atoms with Gasteiger partial charge in [0, 0.05) is 58.3 Å². The first-order valence-electron chi connectivity index (χ1n) is 13.7. The minimum absolute atomic E-state index is 0.0655. The molecule has 3 aliphatic heterocycles. The van der Waals surface area contributed by atoms with Crippen LogP contribution in [-0.4, -0.2) is 97.9 Å². The SMILES string of the molecule is CC(=O)N1CCN(C2CCNCC2NC(=O)C(C(N)N)C2CC3(CCCC3)CCC(F)CN2)CC1. The van der Waals surface area contributed by atoms with E-state index in [1.807, 2.05) is 4.90 Å². The smallest absolute Gasteiger partial charge is 0.227 e. The van der Waals surface area contributed by atoms with Crippen molar-refractivity contribution in [1.82, 2.24) is 25.8 Å². The standard InChI is InChI=1S/C25H46FN7O2/c1-17(34)32-10-12-33(13-11-32)21-5-9-29-16-20(21)31-24(35)22(23(27)28)19-14-25(6-2-3-7-25)8-4-18(26)15-30-19/h18-23,29-30H,2-16,27-28H2,1H3,(H,31,35). The Labute approximate surface area is 209 Å². The lowest BCUT2D eigenvalue weighted by Gasteiger charge is -2.45. The number of piperazine rings is 1. The Kier molecular flexibility index (Phi) is 9.02. The molecule has 0 radical (unpaired) electrons. The molecule has 1 spiro atoms. The largest absolute Gasteiger partial charge is 0.350 e. The number of amides is 2. The third-order valence-corrected chi connectivity index (χ3v) is 9.06. The highest BCUT2D eigenvalue weighted by atomic mass is 19.1. The van der Waals surface area contributed by atoms with Gasteiger partial charge in [0.1, 0.15) is 6.17 Å². The van der Waals surface area contributed by atoms with Crippen molar-refractivity contribution in [2.45, 2.75) is 88.8 Å². The number of nitrogens with zero attached hydrogens (tertiary/aromatic N) is 2. The van der Waals surface area contributed by atoms with E-state index in [-0.39, 0.29) is 41.9 Å². The number of nitrogens with two attached hydrogens (primary N) is 2. The van der Waals surface area contributed by atoms with Crippen LogP contribution in [0.4, 0.5) is 4.39 Å². The van der Waals surface area contributed by atoms with Gasteiger partial charge >= 0.3 is 0 Å². The molecule has 3 saturated heterocycles. The number of rotatable bonds is 5. The minimum atomic E-state index is -0.909. The lowest BCUT2D eigenvalue weighted by molar-refractivity contribution is -0.131. The summed E-state index contributed by atoms with van der Waals surface area (Å²) in [5.41, 5.74) is 12.5. The molecule has 0 aromatic heterocycles. The molecular formula is C25H46FN7O2. The highest BCUT2D eigenvalue weighted by Gasteiger charge is 2.44. The Morgan fingerprint density at radius 3 is 2.43 bits per heavy atom. The second kappa shape index (κ2) is 11.8. The second-order valence-corrected chi connectivity index (χ2v) is 11.4. The van der Waals surface area contributed by atoms with Crippen LogP contribution >= 0.6 is 0 Å². The van der Waals surface area contributed by atoms with Crippen molar-refractivity contribution in [3.05, 3.63) is 0 Å². The van der Waals surface area contributed by atoms with E-state index in [1.54, 1.807) is 6.92 Å².